The second kappa shape index (κ2) is 3.99. The highest BCUT2D eigenvalue weighted by Gasteiger charge is 2.13. The van der Waals surface area contributed by atoms with Crippen LogP contribution in [0.15, 0.2) is 34.9 Å². The molecule has 3 rings (SSSR count). The third-order valence-corrected chi connectivity index (χ3v) is 3.24. The van der Waals surface area contributed by atoms with Crippen molar-refractivity contribution in [2.24, 2.45) is 12.8 Å². The summed E-state index contributed by atoms with van der Waals surface area (Å²) in [6.07, 6.45) is 1.73. The number of hydrogen-bond donors (Lipinski definition) is 1. The number of para-hydroxylation sites is 1. The maximum Gasteiger partial charge on any atom is 0.208 e. The lowest BCUT2D eigenvalue weighted by Gasteiger charge is -2.03. The quantitative estimate of drug-likeness (QED) is 0.750. The highest BCUT2D eigenvalue weighted by atomic mass is 16.4. The summed E-state index contributed by atoms with van der Waals surface area (Å²) in [6, 6.07) is 8.39. The molecule has 0 saturated heterocycles. The lowest BCUT2D eigenvalue weighted by molar-refractivity contribution is 0.506. The van der Waals surface area contributed by atoms with Crippen molar-refractivity contribution >= 4 is 10.9 Å². The number of nitrogens with zero attached hydrogens (tertiary/aromatic N) is 2. The molecule has 0 aliphatic heterocycles. The lowest BCUT2D eigenvalue weighted by Crippen LogP contribution is -1.95. The molecule has 2 heterocycles. The van der Waals surface area contributed by atoms with Crippen LogP contribution in [0.2, 0.25) is 0 Å². The van der Waals surface area contributed by atoms with Gasteiger partial charge in [0.05, 0.1) is 24.0 Å². The van der Waals surface area contributed by atoms with Crippen molar-refractivity contribution in [3.8, 4) is 11.5 Å². The van der Waals surface area contributed by atoms with E-state index < -0.39 is 0 Å². The normalized spacial score (nSPS) is 11.3. The Morgan fingerprint density at radius 1 is 1.39 bits per heavy atom. The summed E-state index contributed by atoms with van der Waals surface area (Å²) in [5, 5.41) is 1.21. The molecular weight excluding hydrogens is 226 g/mol. The lowest BCUT2D eigenvalue weighted by atomic mass is 10.2. The Hall–Kier alpha value is -2.07. The van der Waals surface area contributed by atoms with Gasteiger partial charge in [-0.25, -0.2) is 4.98 Å². The molecule has 4 heteroatoms. The van der Waals surface area contributed by atoms with Gasteiger partial charge in [0.15, 0.2) is 5.76 Å². The first kappa shape index (κ1) is 11.0. The van der Waals surface area contributed by atoms with E-state index in [1.54, 1.807) is 6.20 Å². The molecule has 0 saturated carbocycles. The molecule has 2 aromatic heterocycles. The minimum atomic E-state index is 0.322. The largest absolute Gasteiger partial charge is 0.438 e. The number of benzene rings is 1. The molecular formula is C14H15N3O. The fourth-order valence-electron chi connectivity index (χ4n) is 2.38. The van der Waals surface area contributed by atoms with E-state index >= 15 is 0 Å². The Balaban J connectivity index is 2.23. The van der Waals surface area contributed by atoms with Gasteiger partial charge in [0.25, 0.3) is 0 Å². The number of aryl methyl sites for hydroxylation is 2. The van der Waals surface area contributed by atoms with Crippen molar-refractivity contribution in [1.29, 1.82) is 0 Å². The van der Waals surface area contributed by atoms with E-state index in [9.17, 15) is 0 Å². The van der Waals surface area contributed by atoms with Crippen LogP contribution in [-0.2, 0) is 13.6 Å². The van der Waals surface area contributed by atoms with Crippen molar-refractivity contribution in [3.05, 3.63) is 41.9 Å². The monoisotopic (exact) mass is 241 g/mol. The maximum absolute atomic E-state index is 5.61. The van der Waals surface area contributed by atoms with E-state index in [1.807, 2.05) is 7.05 Å². The van der Waals surface area contributed by atoms with Crippen molar-refractivity contribution in [1.82, 2.24) is 9.55 Å². The molecule has 92 valence electrons. The summed E-state index contributed by atoms with van der Waals surface area (Å²) in [7, 11) is 2.04. The van der Waals surface area contributed by atoms with Gasteiger partial charge in [-0.05, 0) is 18.6 Å². The van der Waals surface area contributed by atoms with Crippen LogP contribution in [0.4, 0.5) is 0 Å². The van der Waals surface area contributed by atoms with Crippen LogP contribution in [0.3, 0.4) is 0 Å². The smallest absolute Gasteiger partial charge is 0.208 e. The molecule has 0 unspecified atom stereocenters. The Kier molecular flexibility index (Phi) is 2.45. The van der Waals surface area contributed by atoms with Gasteiger partial charge in [0.1, 0.15) is 0 Å². The van der Waals surface area contributed by atoms with E-state index in [0.29, 0.717) is 12.4 Å². The minimum absolute atomic E-state index is 0.322. The number of rotatable bonds is 2. The number of hydrogen-bond acceptors (Lipinski definition) is 3. The topological polar surface area (TPSA) is 57.0 Å². The first-order valence-corrected chi connectivity index (χ1v) is 5.91. The van der Waals surface area contributed by atoms with Crippen LogP contribution in [0.5, 0.6) is 0 Å². The molecule has 4 nitrogen and oxygen atoms in total. The number of nitrogens with two attached hydrogens (primary N) is 1. The summed E-state index contributed by atoms with van der Waals surface area (Å²) in [4.78, 5) is 4.14. The van der Waals surface area contributed by atoms with Crippen LogP contribution in [0.1, 0.15) is 11.5 Å². The zero-order valence-corrected chi connectivity index (χ0v) is 10.5. The molecule has 0 aliphatic carbocycles. The van der Waals surface area contributed by atoms with E-state index in [0.717, 1.165) is 11.5 Å². The average molecular weight is 241 g/mol. The first-order valence-electron chi connectivity index (χ1n) is 5.91. The summed E-state index contributed by atoms with van der Waals surface area (Å²) in [5.74, 6) is 1.32. The maximum atomic E-state index is 5.61. The number of oxazole rings is 1. The van der Waals surface area contributed by atoms with Crippen LogP contribution < -0.4 is 5.73 Å². The molecule has 1 aromatic carbocycles. The highest BCUT2D eigenvalue weighted by molar-refractivity contribution is 5.88. The molecule has 0 atom stereocenters. The molecule has 0 spiro atoms. The molecule has 3 aromatic rings. The van der Waals surface area contributed by atoms with Crippen molar-refractivity contribution in [2.75, 3.05) is 0 Å². The van der Waals surface area contributed by atoms with Crippen LogP contribution in [0, 0.1) is 6.92 Å². The summed E-state index contributed by atoms with van der Waals surface area (Å²) in [5.41, 5.74) is 9.01. The molecule has 0 radical (unpaired) electrons. The van der Waals surface area contributed by atoms with Crippen LogP contribution >= 0.6 is 0 Å². The molecule has 0 bridgehead atoms. The van der Waals surface area contributed by atoms with Gasteiger partial charge < -0.3 is 14.7 Å². The van der Waals surface area contributed by atoms with Crippen molar-refractivity contribution in [3.63, 3.8) is 0 Å². The van der Waals surface area contributed by atoms with Gasteiger partial charge in [0, 0.05) is 12.4 Å². The summed E-state index contributed by atoms with van der Waals surface area (Å²) < 4.78 is 7.74. The van der Waals surface area contributed by atoms with Crippen molar-refractivity contribution in [2.45, 2.75) is 13.5 Å². The van der Waals surface area contributed by atoms with E-state index in [-0.39, 0.29) is 0 Å². The third kappa shape index (κ3) is 1.54. The van der Waals surface area contributed by atoms with Gasteiger partial charge in [0.2, 0.25) is 5.89 Å². The molecule has 0 fully saturated rings. The Morgan fingerprint density at radius 2 is 2.22 bits per heavy atom. The predicted molar refractivity (Wildman–Crippen MR) is 71.0 cm³/mol. The van der Waals surface area contributed by atoms with Gasteiger partial charge in [-0.3, -0.25) is 0 Å². The zero-order chi connectivity index (χ0) is 12.7. The van der Waals surface area contributed by atoms with E-state index in [2.05, 4.69) is 40.7 Å². The Morgan fingerprint density at radius 3 is 2.89 bits per heavy atom. The molecule has 18 heavy (non-hydrogen) atoms. The van der Waals surface area contributed by atoms with Gasteiger partial charge >= 0.3 is 0 Å². The average Bonchev–Trinajstić information content (AvgIpc) is 2.94. The van der Waals surface area contributed by atoms with Crippen LogP contribution in [-0.4, -0.2) is 9.55 Å². The van der Waals surface area contributed by atoms with Gasteiger partial charge in [-0.1, -0.05) is 18.2 Å². The fraction of sp³-hybridized carbons (Fsp3) is 0.214. The van der Waals surface area contributed by atoms with Gasteiger partial charge in [-0.2, -0.15) is 0 Å². The fourth-order valence-corrected chi connectivity index (χ4v) is 2.38. The van der Waals surface area contributed by atoms with E-state index in [4.69, 9.17) is 10.2 Å². The minimum Gasteiger partial charge on any atom is -0.438 e. The number of fused-ring (bicyclic) bond motifs is 1. The predicted octanol–water partition coefficient (Wildman–Crippen LogP) is 2.60. The molecule has 0 aliphatic rings. The van der Waals surface area contributed by atoms with Crippen molar-refractivity contribution < 1.29 is 4.42 Å². The van der Waals surface area contributed by atoms with Crippen LogP contribution in [0.25, 0.3) is 22.4 Å². The third-order valence-electron chi connectivity index (χ3n) is 3.24. The molecule has 2 N–H and O–H groups in total. The zero-order valence-electron chi connectivity index (χ0n) is 10.5. The highest BCUT2D eigenvalue weighted by Crippen LogP contribution is 2.29. The summed E-state index contributed by atoms with van der Waals surface area (Å²) >= 11 is 0. The standard InChI is InChI=1S/C14H15N3O/c1-9-4-3-5-10-6-11(17(2)14(9)10)12-8-16-13(7-15)18-12/h3-6,8H,7,15H2,1-2H3. The SMILES string of the molecule is Cc1cccc2cc(-c3cnc(CN)o3)n(C)c12. The second-order valence-corrected chi connectivity index (χ2v) is 4.42. The van der Waals surface area contributed by atoms with Gasteiger partial charge in [-0.15, -0.1) is 0 Å². The Labute approximate surface area is 105 Å². The Bertz CT molecular complexity index is 709. The molecule has 0 amide bonds. The number of aromatic nitrogens is 2. The first-order chi connectivity index (χ1) is 8.70. The summed E-state index contributed by atoms with van der Waals surface area (Å²) in [6.45, 7) is 2.43. The van der Waals surface area contributed by atoms with E-state index in [1.165, 1.54) is 16.5 Å². The second-order valence-electron chi connectivity index (χ2n) is 4.42.